The van der Waals surface area contributed by atoms with Crippen molar-refractivity contribution in [2.45, 2.75) is 83.1 Å². The van der Waals surface area contributed by atoms with E-state index in [4.69, 9.17) is 0 Å². The molecule has 27 heavy (non-hydrogen) atoms. The largest absolute Gasteiger partial charge is 0.289 e. The summed E-state index contributed by atoms with van der Waals surface area (Å²) in [5.74, 6) is 0.229. The molecule has 0 radical (unpaired) electrons. The van der Waals surface area contributed by atoms with Crippen molar-refractivity contribution in [1.29, 1.82) is 0 Å². The van der Waals surface area contributed by atoms with Crippen LogP contribution in [0.25, 0.3) is 5.57 Å². The van der Waals surface area contributed by atoms with Gasteiger partial charge in [-0.1, -0.05) is 80.0 Å². The van der Waals surface area contributed by atoms with Gasteiger partial charge in [0, 0.05) is 11.1 Å². The predicted octanol–water partition coefficient (Wildman–Crippen LogP) is 7.38. The lowest BCUT2D eigenvalue weighted by atomic mass is 9.69. The van der Waals surface area contributed by atoms with Gasteiger partial charge in [0.1, 0.15) is 0 Å². The van der Waals surface area contributed by atoms with Crippen molar-refractivity contribution < 1.29 is 4.79 Å². The van der Waals surface area contributed by atoms with Gasteiger partial charge >= 0.3 is 0 Å². The SMILES string of the molecule is Cc1cc(C)c(C2=C(C(C)(C)C)C(C(C)(C)C)=C(C(C)(C)C)C2=O)c(C)c1. The fourth-order valence-electron chi connectivity index (χ4n) is 4.63. The number of Topliss-reactive ketones (excluding diaryl/α,β-unsaturated/α-hetero) is 1. The van der Waals surface area contributed by atoms with E-state index in [1.165, 1.54) is 27.8 Å². The van der Waals surface area contributed by atoms with Crippen molar-refractivity contribution in [2.24, 2.45) is 16.2 Å². The van der Waals surface area contributed by atoms with Gasteiger partial charge in [0.25, 0.3) is 0 Å². The zero-order valence-corrected chi connectivity index (χ0v) is 19.6. The van der Waals surface area contributed by atoms with Crippen LogP contribution < -0.4 is 0 Å². The van der Waals surface area contributed by atoms with Crippen LogP contribution in [-0.4, -0.2) is 5.78 Å². The van der Waals surface area contributed by atoms with Gasteiger partial charge in [-0.05, 0) is 64.9 Å². The molecule has 0 aliphatic heterocycles. The summed E-state index contributed by atoms with van der Waals surface area (Å²) in [6.45, 7) is 26.4. The molecule has 1 aromatic rings. The average molecular weight is 367 g/mol. The molecule has 0 fully saturated rings. The van der Waals surface area contributed by atoms with Crippen molar-refractivity contribution in [3.63, 3.8) is 0 Å². The highest BCUT2D eigenvalue weighted by molar-refractivity contribution is 6.34. The molecule has 0 amide bonds. The first-order valence-electron chi connectivity index (χ1n) is 10.1. The summed E-state index contributed by atoms with van der Waals surface area (Å²) in [6, 6.07) is 4.41. The summed E-state index contributed by atoms with van der Waals surface area (Å²) < 4.78 is 0. The van der Waals surface area contributed by atoms with E-state index in [1.54, 1.807) is 0 Å². The van der Waals surface area contributed by atoms with E-state index in [2.05, 4.69) is 95.2 Å². The Morgan fingerprint density at radius 3 is 1.30 bits per heavy atom. The molecule has 0 unspecified atom stereocenters. The second-order valence-corrected chi connectivity index (χ2v) is 11.4. The number of aryl methyl sites for hydroxylation is 3. The number of rotatable bonds is 1. The van der Waals surface area contributed by atoms with E-state index in [0.717, 1.165) is 16.7 Å². The Kier molecular flexibility index (Phi) is 5.19. The summed E-state index contributed by atoms with van der Waals surface area (Å²) in [5, 5.41) is 0. The van der Waals surface area contributed by atoms with Gasteiger partial charge in [0.2, 0.25) is 0 Å². The molecule has 148 valence electrons. The first-order chi connectivity index (χ1) is 12.0. The Bertz CT molecular complexity index is 830. The van der Waals surface area contributed by atoms with Crippen LogP contribution >= 0.6 is 0 Å². The van der Waals surface area contributed by atoms with Crippen LogP contribution in [0.1, 0.15) is 84.6 Å². The fourth-order valence-corrected chi connectivity index (χ4v) is 4.63. The summed E-state index contributed by atoms with van der Waals surface area (Å²) >= 11 is 0. The van der Waals surface area contributed by atoms with E-state index in [0.29, 0.717) is 0 Å². The summed E-state index contributed by atoms with van der Waals surface area (Å²) in [5.41, 5.74) is 8.81. The molecule has 1 heteroatoms. The first kappa shape index (κ1) is 21.7. The van der Waals surface area contributed by atoms with Crippen LogP contribution in [0.15, 0.2) is 28.9 Å². The van der Waals surface area contributed by atoms with E-state index < -0.39 is 0 Å². The van der Waals surface area contributed by atoms with Gasteiger partial charge in [-0.25, -0.2) is 0 Å². The Morgan fingerprint density at radius 1 is 0.593 bits per heavy atom. The highest BCUT2D eigenvalue weighted by Crippen LogP contribution is 2.55. The fraction of sp³-hybridized carbons (Fsp3) is 0.577. The van der Waals surface area contributed by atoms with Gasteiger partial charge in [-0.3, -0.25) is 4.79 Å². The van der Waals surface area contributed by atoms with Gasteiger partial charge < -0.3 is 0 Å². The van der Waals surface area contributed by atoms with Gasteiger partial charge in [0.15, 0.2) is 5.78 Å². The van der Waals surface area contributed by atoms with Gasteiger partial charge in [-0.2, -0.15) is 0 Å². The second kappa shape index (κ2) is 6.47. The van der Waals surface area contributed by atoms with Crippen LogP contribution in [0.3, 0.4) is 0 Å². The van der Waals surface area contributed by atoms with Crippen LogP contribution in [-0.2, 0) is 4.79 Å². The van der Waals surface area contributed by atoms with E-state index >= 15 is 0 Å². The molecular formula is C26H38O. The number of carbonyl (C=O) groups is 1. The third-order valence-electron chi connectivity index (χ3n) is 5.38. The molecule has 0 bridgehead atoms. The average Bonchev–Trinajstić information content (AvgIpc) is 2.71. The molecule has 1 aromatic carbocycles. The highest BCUT2D eigenvalue weighted by atomic mass is 16.1. The third-order valence-corrected chi connectivity index (χ3v) is 5.38. The lowest BCUT2D eigenvalue weighted by Crippen LogP contribution is -2.24. The number of allylic oxidation sites excluding steroid dienone is 4. The quantitative estimate of drug-likeness (QED) is 0.506. The Hall–Kier alpha value is -1.63. The molecule has 0 saturated heterocycles. The Balaban J connectivity index is 3.03. The monoisotopic (exact) mass is 366 g/mol. The molecule has 1 nitrogen and oxygen atoms in total. The lowest BCUT2D eigenvalue weighted by Gasteiger charge is -2.34. The molecule has 0 atom stereocenters. The maximum Gasteiger partial charge on any atom is 0.190 e. The summed E-state index contributed by atoms with van der Waals surface area (Å²) in [7, 11) is 0. The van der Waals surface area contributed by atoms with Crippen molar-refractivity contribution >= 4 is 11.4 Å². The minimum Gasteiger partial charge on any atom is -0.289 e. The van der Waals surface area contributed by atoms with Crippen molar-refractivity contribution in [1.82, 2.24) is 0 Å². The Labute approximate surface area is 167 Å². The first-order valence-corrected chi connectivity index (χ1v) is 10.1. The molecule has 0 saturated carbocycles. The molecule has 0 aromatic heterocycles. The minimum atomic E-state index is -0.190. The van der Waals surface area contributed by atoms with E-state index in [1.807, 2.05) is 0 Å². The zero-order chi connectivity index (χ0) is 21.1. The van der Waals surface area contributed by atoms with Crippen molar-refractivity contribution in [2.75, 3.05) is 0 Å². The van der Waals surface area contributed by atoms with Crippen LogP contribution in [0, 0.1) is 37.0 Å². The number of ketones is 1. The minimum absolute atomic E-state index is 0.0882. The third kappa shape index (κ3) is 3.84. The van der Waals surface area contributed by atoms with Crippen LogP contribution in [0.4, 0.5) is 0 Å². The second-order valence-electron chi connectivity index (χ2n) is 11.4. The standard InChI is InChI=1S/C26H38O/c1-15-13-16(2)18(17(3)14-15)19-20(24(4,5)6)21(25(7,8)9)22(23(19)27)26(10,11)12/h13-14H,1-12H3. The smallest absolute Gasteiger partial charge is 0.190 e. The molecule has 2 rings (SSSR count). The molecule has 1 aliphatic rings. The number of benzene rings is 1. The van der Waals surface area contributed by atoms with Crippen LogP contribution in [0.5, 0.6) is 0 Å². The maximum absolute atomic E-state index is 13.9. The molecule has 0 N–H and O–H groups in total. The maximum atomic E-state index is 13.9. The number of hydrogen-bond donors (Lipinski definition) is 0. The normalized spacial score (nSPS) is 16.7. The predicted molar refractivity (Wildman–Crippen MR) is 118 cm³/mol. The van der Waals surface area contributed by atoms with Gasteiger partial charge in [0.05, 0.1) is 0 Å². The zero-order valence-electron chi connectivity index (χ0n) is 19.6. The molecule has 0 spiro atoms. The lowest BCUT2D eigenvalue weighted by molar-refractivity contribution is -0.111. The van der Waals surface area contributed by atoms with Gasteiger partial charge in [-0.15, -0.1) is 0 Å². The topological polar surface area (TPSA) is 17.1 Å². The van der Waals surface area contributed by atoms with Crippen molar-refractivity contribution in [3.8, 4) is 0 Å². The molecule has 0 heterocycles. The van der Waals surface area contributed by atoms with Crippen molar-refractivity contribution in [3.05, 3.63) is 51.1 Å². The van der Waals surface area contributed by atoms with E-state index in [9.17, 15) is 4.79 Å². The Morgan fingerprint density at radius 2 is 0.963 bits per heavy atom. The summed E-state index contributed by atoms with van der Waals surface area (Å²) in [6.07, 6.45) is 0. The molecular weight excluding hydrogens is 328 g/mol. The number of hydrogen-bond acceptors (Lipinski definition) is 1. The van der Waals surface area contributed by atoms with Crippen LogP contribution in [0.2, 0.25) is 0 Å². The molecule has 1 aliphatic carbocycles. The highest BCUT2D eigenvalue weighted by Gasteiger charge is 2.45. The number of carbonyl (C=O) groups excluding carboxylic acids is 1. The van der Waals surface area contributed by atoms with E-state index in [-0.39, 0.29) is 22.0 Å². The summed E-state index contributed by atoms with van der Waals surface area (Å²) in [4.78, 5) is 13.9.